The summed E-state index contributed by atoms with van der Waals surface area (Å²) in [6, 6.07) is 5.26. The minimum absolute atomic E-state index is 0.00307. The average Bonchev–Trinajstić information content (AvgIpc) is 2.67. The fraction of sp³-hybridized carbons (Fsp3) is 0.250. The molecule has 4 nitrogen and oxygen atoms in total. The zero-order valence-electron chi connectivity index (χ0n) is 9.31. The first-order valence-electron chi connectivity index (χ1n) is 5.15. The van der Waals surface area contributed by atoms with E-state index >= 15 is 0 Å². The molecule has 0 aliphatic carbocycles. The van der Waals surface area contributed by atoms with Crippen molar-refractivity contribution in [1.82, 2.24) is 4.57 Å². The predicted molar refractivity (Wildman–Crippen MR) is 65.4 cm³/mol. The molecule has 0 saturated carbocycles. The number of hydrogen-bond acceptors (Lipinski definition) is 3. The number of nitrogens with zero attached hydrogens (tertiary/aromatic N) is 1. The van der Waals surface area contributed by atoms with Gasteiger partial charge in [0.05, 0.1) is 24.8 Å². The normalized spacial score (nSPS) is 10.8. The molecule has 0 amide bonds. The highest BCUT2D eigenvalue weighted by Gasteiger charge is 2.15. The van der Waals surface area contributed by atoms with Crippen molar-refractivity contribution in [3.63, 3.8) is 0 Å². The maximum absolute atomic E-state index is 11.6. The van der Waals surface area contributed by atoms with Gasteiger partial charge in [0.15, 0.2) is 0 Å². The van der Waals surface area contributed by atoms with Crippen molar-refractivity contribution < 1.29 is 14.6 Å². The Bertz CT molecular complexity index is 562. The second kappa shape index (κ2) is 4.77. The smallest absolute Gasteiger partial charge is 0.340 e. The number of aliphatic hydroxyl groups excluding tert-OH is 1. The molecule has 0 aliphatic heterocycles. The number of methoxy groups -OCH3 is 1. The molecule has 5 heteroatoms. The van der Waals surface area contributed by atoms with Crippen LogP contribution >= 0.6 is 11.6 Å². The third-order valence-electron chi connectivity index (χ3n) is 2.59. The van der Waals surface area contributed by atoms with E-state index in [-0.39, 0.29) is 6.61 Å². The van der Waals surface area contributed by atoms with Crippen LogP contribution in [0.5, 0.6) is 0 Å². The van der Waals surface area contributed by atoms with Crippen molar-refractivity contribution in [3.05, 3.63) is 35.0 Å². The Kier molecular flexibility index (Phi) is 3.36. The van der Waals surface area contributed by atoms with Gasteiger partial charge in [-0.1, -0.05) is 17.7 Å². The minimum Gasteiger partial charge on any atom is -0.465 e. The molecule has 2 rings (SSSR count). The number of benzene rings is 1. The minimum atomic E-state index is -0.394. The highest BCUT2D eigenvalue weighted by atomic mass is 35.5. The van der Waals surface area contributed by atoms with Gasteiger partial charge in [0.25, 0.3) is 0 Å². The van der Waals surface area contributed by atoms with Gasteiger partial charge in [0.2, 0.25) is 0 Å². The SMILES string of the molecule is COC(=O)c1cn(CCO)c2cc(Cl)ccc12. The van der Waals surface area contributed by atoms with Gasteiger partial charge in [-0.2, -0.15) is 0 Å². The Morgan fingerprint density at radius 2 is 2.29 bits per heavy atom. The van der Waals surface area contributed by atoms with E-state index < -0.39 is 5.97 Å². The van der Waals surface area contributed by atoms with Crippen LogP contribution < -0.4 is 0 Å². The maximum atomic E-state index is 11.6. The topological polar surface area (TPSA) is 51.5 Å². The summed E-state index contributed by atoms with van der Waals surface area (Å²) in [4.78, 5) is 11.6. The van der Waals surface area contributed by atoms with Crippen LogP contribution in [0.15, 0.2) is 24.4 Å². The molecule has 1 N–H and O–H groups in total. The van der Waals surface area contributed by atoms with Crippen molar-refractivity contribution in [2.24, 2.45) is 0 Å². The van der Waals surface area contributed by atoms with Gasteiger partial charge in [0.1, 0.15) is 0 Å². The summed E-state index contributed by atoms with van der Waals surface area (Å²) in [6.45, 7) is 0.407. The third-order valence-corrected chi connectivity index (χ3v) is 2.83. The average molecular weight is 254 g/mol. The van der Waals surface area contributed by atoms with Gasteiger partial charge in [-0.05, 0) is 12.1 Å². The van der Waals surface area contributed by atoms with E-state index in [2.05, 4.69) is 0 Å². The highest BCUT2D eigenvalue weighted by Crippen LogP contribution is 2.25. The molecule has 1 heterocycles. The largest absolute Gasteiger partial charge is 0.465 e. The Balaban J connectivity index is 2.66. The molecule has 0 unspecified atom stereocenters. The Morgan fingerprint density at radius 3 is 2.94 bits per heavy atom. The van der Waals surface area contributed by atoms with E-state index in [4.69, 9.17) is 21.4 Å². The summed E-state index contributed by atoms with van der Waals surface area (Å²) >= 11 is 5.92. The van der Waals surface area contributed by atoms with Crippen molar-refractivity contribution in [2.75, 3.05) is 13.7 Å². The van der Waals surface area contributed by atoms with Crippen molar-refractivity contribution in [3.8, 4) is 0 Å². The number of carbonyl (C=O) groups is 1. The Labute approximate surface area is 103 Å². The number of hydrogen-bond donors (Lipinski definition) is 1. The lowest BCUT2D eigenvalue weighted by Gasteiger charge is -2.01. The Morgan fingerprint density at radius 1 is 1.53 bits per heavy atom. The van der Waals surface area contributed by atoms with Gasteiger partial charge in [-0.15, -0.1) is 0 Å². The fourth-order valence-electron chi connectivity index (χ4n) is 1.83. The number of esters is 1. The number of aliphatic hydroxyl groups is 1. The van der Waals surface area contributed by atoms with Gasteiger partial charge in [0, 0.05) is 23.2 Å². The van der Waals surface area contributed by atoms with Crippen molar-refractivity contribution >= 4 is 28.5 Å². The predicted octanol–water partition coefficient (Wildman–Crippen LogP) is 2.07. The lowest BCUT2D eigenvalue weighted by molar-refractivity contribution is 0.0602. The number of rotatable bonds is 3. The summed E-state index contributed by atoms with van der Waals surface area (Å²) in [5.41, 5.74) is 1.29. The van der Waals surface area contributed by atoms with Gasteiger partial charge < -0.3 is 14.4 Å². The molecule has 0 saturated heterocycles. The van der Waals surface area contributed by atoms with E-state index in [9.17, 15) is 4.79 Å². The molecular formula is C12H12ClNO3. The van der Waals surface area contributed by atoms with Gasteiger partial charge in [-0.25, -0.2) is 4.79 Å². The quantitative estimate of drug-likeness (QED) is 0.852. The summed E-state index contributed by atoms with van der Waals surface area (Å²) < 4.78 is 6.50. The maximum Gasteiger partial charge on any atom is 0.340 e. The molecule has 2 aromatic rings. The standard InChI is InChI=1S/C12H12ClNO3/c1-17-12(16)10-7-14(4-5-15)11-6-8(13)2-3-9(10)11/h2-3,6-7,15H,4-5H2,1H3. The second-order valence-electron chi connectivity index (χ2n) is 3.61. The monoisotopic (exact) mass is 253 g/mol. The number of fused-ring (bicyclic) bond motifs is 1. The van der Waals surface area contributed by atoms with Crippen LogP contribution in [-0.4, -0.2) is 29.4 Å². The molecule has 90 valence electrons. The second-order valence-corrected chi connectivity index (χ2v) is 4.05. The van der Waals surface area contributed by atoms with Gasteiger partial charge in [-0.3, -0.25) is 0 Å². The summed E-state index contributed by atoms with van der Waals surface area (Å²) in [6.07, 6.45) is 1.67. The molecule has 0 radical (unpaired) electrons. The first-order valence-corrected chi connectivity index (χ1v) is 5.52. The fourth-order valence-corrected chi connectivity index (χ4v) is 2.00. The van der Waals surface area contributed by atoms with Crippen molar-refractivity contribution in [1.29, 1.82) is 0 Å². The molecule has 1 aromatic carbocycles. The van der Waals surface area contributed by atoms with E-state index in [0.717, 1.165) is 10.9 Å². The van der Waals surface area contributed by atoms with Crippen LogP contribution in [0.4, 0.5) is 0 Å². The molecule has 17 heavy (non-hydrogen) atoms. The first kappa shape index (κ1) is 12.0. The Hall–Kier alpha value is -1.52. The van der Waals surface area contributed by atoms with E-state index in [1.165, 1.54) is 7.11 Å². The lowest BCUT2D eigenvalue weighted by Crippen LogP contribution is -2.02. The molecule has 0 atom stereocenters. The van der Waals surface area contributed by atoms with Crippen LogP contribution in [0.25, 0.3) is 10.9 Å². The summed E-state index contributed by atoms with van der Waals surface area (Å²) in [7, 11) is 1.34. The zero-order valence-corrected chi connectivity index (χ0v) is 10.1. The third kappa shape index (κ3) is 2.14. The lowest BCUT2D eigenvalue weighted by atomic mass is 10.2. The van der Waals surface area contributed by atoms with Gasteiger partial charge >= 0.3 is 5.97 Å². The summed E-state index contributed by atoms with van der Waals surface area (Å²) in [5, 5.41) is 10.3. The number of halogens is 1. The van der Waals surface area contributed by atoms with Crippen molar-refractivity contribution in [2.45, 2.75) is 6.54 Å². The van der Waals surface area contributed by atoms with Crippen LogP contribution in [0.2, 0.25) is 5.02 Å². The van der Waals surface area contributed by atoms with E-state index in [1.807, 2.05) is 0 Å². The van der Waals surface area contributed by atoms with E-state index in [0.29, 0.717) is 17.1 Å². The highest BCUT2D eigenvalue weighted by molar-refractivity contribution is 6.31. The van der Waals surface area contributed by atoms with E-state index in [1.54, 1.807) is 29.0 Å². The number of ether oxygens (including phenoxy) is 1. The zero-order chi connectivity index (χ0) is 12.4. The number of carbonyl (C=O) groups excluding carboxylic acids is 1. The van der Waals surface area contributed by atoms with Crippen LogP contribution in [0.3, 0.4) is 0 Å². The van der Waals surface area contributed by atoms with Crippen LogP contribution in [-0.2, 0) is 11.3 Å². The molecule has 0 bridgehead atoms. The molecule has 1 aromatic heterocycles. The first-order chi connectivity index (χ1) is 8.17. The molecule has 0 spiro atoms. The number of aromatic nitrogens is 1. The molecule has 0 aliphatic rings. The summed E-state index contributed by atoms with van der Waals surface area (Å²) in [5.74, 6) is -0.394. The van der Waals surface area contributed by atoms with Crippen LogP contribution in [0.1, 0.15) is 10.4 Å². The molecular weight excluding hydrogens is 242 g/mol. The molecule has 0 fully saturated rings. The van der Waals surface area contributed by atoms with Crippen LogP contribution in [0, 0.1) is 0 Å².